The lowest BCUT2D eigenvalue weighted by Gasteiger charge is -2.18. The van der Waals surface area contributed by atoms with Crippen LogP contribution in [0.1, 0.15) is 32.6 Å². The van der Waals surface area contributed by atoms with Crippen molar-refractivity contribution in [2.45, 2.75) is 25.9 Å². The van der Waals surface area contributed by atoms with E-state index in [1.165, 1.54) is 12.1 Å². The Hall–Kier alpha value is -2.30. The molecule has 0 heterocycles. The molecule has 2 rings (SSSR count). The fourth-order valence-corrected chi connectivity index (χ4v) is 2.47. The van der Waals surface area contributed by atoms with E-state index in [4.69, 9.17) is 0 Å². The summed E-state index contributed by atoms with van der Waals surface area (Å²) in [5.41, 5.74) is -0.0163. The minimum atomic E-state index is -4.72. The molecule has 2 aromatic carbocycles. The molecule has 116 valence electrons. The number of alkyl halides is 3. The van der Waals surface area contributed by atoms with Crippen LogP contribution in [0, 0.1) is 6.92 Å². The lowest BCUT2D eigenvalue weighted by atomic mass is 9.94. The van der Waals surface area contributed by atoms with Crippen molar-refractivity contribution in [2.75, 3.05) is 0 Å². The van der Waals surface area contributed by atoms with Crippen LogP contribution in [0.4, 0.5) is 13.2 Å². The quantitative estimate of drug-likeness (QED) is 0.870. The number of carboxylic acid groups (broad SMARTS) is 1. The molecule has 22 heavy (non-hydrogen) atoms. The second-order valence-corrected chi connectivity index (χ2v) is 5.05. The number of halogens is 3. The van der Waals surface area contributed by atoms with Gasteiger partial charge in [-0.2, -0.15) is 13.2 Å². The first-order chi connectivity index (χ1) is 10.3. The van der Waals surface area contributed by atoms with Crippen LogP contribution >= 0.6 is 0 Å². The summed E-state index contributed by atoms with van der Waals surface area (Å²) in [6.45, 7) is 1.89. The van der Waals surface area contributed by atoms with E-state index in [0.29, 0.717) is 6.42 Å². The molecule has 2 nitrogen and oxygen atoms in total. The third-order valence-electron chi connectivity index (χ3n) is 3.58. The fourth-order valence-electron chi connectivity index (χ4n) is 2.47. The molecule has 0 amide bonds. The third-order valence-corrected chi connectivity index (χ3v) is 3.58. The van der Waals surface area contributed by atoms with Crippen LogP contribution < -0.4 is 5.11 Å². The van der Waals surface area contributed by atoms with E-state index in [0.717, 1.165) is 17.2 Å². The average Bonchev–Trinajstić information content (AvgIpc) is 2.45. The van der Waals surface area contributed by atoms with E-state index in [-0.39, 0.29) is 12.0 Å². The van der Waals surface area contributed by atoms with Crippen molar-refractivity contribution in [3.05, 3.63) is 70.3 Å². The Morgan fingerprint density at radius 1 is 1.00 bits per heavy atom. The van der Waals surface area contributed by atoms with Crippen molar-refractivity contribution in [2.24, 2.45) is 0 Å². The van der Waals surface area contributed by atoms with Crippen molar-refractivity contribution in [1.82, 2.24) is 0 Å². The normalized spacial score (nSPS) is 11.5. The number of benzene rings is 2. The molecule has 0 atom stereocenters. The molecule has 0 fully saturated rings. The highest BCUT2D eigenvalue weighted by atomic mass is 19.4. The van der Waals surface area contributed by atoms with Gasteiger partial charge in [-0.1, -0.05) is 42.5 Å². The summed E-state index contributed by atoms with van der Waals surface area (Å²) in [5.74, 6) is -1.81. The Kier molecular flexibility index (Phi) is 4.54. The van der Waals surface area contributed by atoms with Gasteiger partial charge in [-0.05, 0) is 36.5 Å². The molecular formula is C17H14F3O2-. The molecule has 0 aliphatic rings. The van der Waals surface area contributed by atoms with E-state index in [2.05, 4.69) is 0 Å². The first-order valence-corrected chi connectivity index (χ1v) is 6.75. The number of aromatic carboxylic acids is 1. The maximum Gasteiger partial charge on any atom is 0.417 e. The molecule has 0 saturated heterocycles. The number of hydrogen-bond acceptors (Lipinski definition) is 2. The SMILES string of the molecule is Cc1ccccc1CCc1cccc(C(=O)[O-])c1C(F)(F)F. The Morgan fingerprint density at radius 2 is 1.59 bits per heavy atom. The van der Waals surface area contributed by atoms with Crippen LogP contribution in [0.15, 0.2) is 42.5 Å². The van der Waals surface area contributed by atoms with Gasteiger partial charge in [0, 0.05) is 5.56 Å². The number of rotatable bonds is 4. The molecular weight excluding hydrogens is 293 g/mol. The van der Waals surface area contributed by atoms with Crippen molar-refractivity contribution in [3.8, 4) is 0 Å². The Labute approximate surface area is 126 Å². The maximum absolute atomic E-state index is 13.2. The molecule has 0 unspecified atom stereocenters. The zero-order valence-electron chi connectivity index (χ0n) is 11.9. The van der Waals surface area contributed by atoms with Gasteiger partial charge in [0.25, 0.3) is 0 Å². The lowest BCUT2D eigenvalue weighted by molar-refractivity contribution is -0.255. The number of carboxylic acids is 1. The highest BCUT2D eigenvalue weighted by molar-refractivity contribution is 5.88. The van der Waals surface area contributed by atoms with E-state index in [1.54, 1.807) is 0 Å². The van der Waals surface area contributed by atoms with Gasteiger partial charge < -0.3 is 9.90 Å². The highest BCUT2D eigenvalue weighted by Crippen LogP contribution is 2.35. The highest BCUT2D eigenvalue weighted by Gasteiger charge is 2.36. The van der Waals surface area contributed by atoms with E-state index < -0.39 is 23.3 Å². The molecule has 2 aromatic rings. The zero-order chi connectivity index (χ0) is 16.3. The monoisotopic (exact) mass is 307 g/mol. The first-order valence-electron chi connectivity index (χ1n) is 6.75. The first kappa shape index (κ1) is 16.1. The summed E-state index contributed by atoms with van der Waals surface area (Å²) in [6.07, 6.45) is -4.20. The summed E-state index contributed by atoms with van der Waals surface area (Å²) < 4.78 is 39.5. The molecule has 0 saturated carbocycles. The molecule has 0 N–H and O–H groups in total. The number of hydrogen-bond donors (Lipinski definition) is 0. The fraction of sp³-hybridized carbons (Fsp3) is 0.235. The minimum absolute atomic E-state index is 0.0301. The van der Waals surface area contributed by atoms with Crippen molar-refractivity contribution in [1.29, 1.82) is 0 Å². The Balaban J connectivity index is 2.37. The number of aryl methyl sites for hydroxylation is 3. The van der Waals surface area contributed by atoms with Crippen LogP contribution in [-0.2, 0) is 19.0 Å². The lowest BCUT2D eigenvalue weighted by Crippen LogP contribution is -2.27. The van der Waals surface area contributed by atoms with Gasteiger partial charge in [0.05, 0.1) is 11.5 Å². The zero-order valence-corrected chi connectivity index (χ0v) is 11.9. The Bertz CT molecular complexity index is 691. The summed E-state index contributed by atoms with van der Waals surface area (Å²) in [4.78, 5) is 10.9. The van der Waals surface area contributed by atoms with Crippen molar-refractivity contribution in [3.63, 3.8) is 0 Å². The third kappa shape index (κ3) is 3.47. The summed E-state index contributed by atoms with van der Waals surface area (Å²) in [7, 11) is 0. The predicted octanol–water partition coefficient (Wildman–Crippen LogP) is 3.16. The van der Waals surface area contributed by atoms with Crippen molar-refractivity contribution < 1.29 is 23.1 Å². The summed E-state index contributed by atoms with van der Waals surface area (Å²) in [5, 5.41) is 10.9. The number of carbonyl (C=O) groups is 1. The van der Waals surface area contributed by atoms with Gasteiger partial charge in [-0.15, -0.1) is 0 Å². The van der Waals surface area contributed by atoms with Crippen molar-refractivity contribution >= 4 is 5.97 Å². The summed E-state index contributed by atoms with van der Waals surface area (Å²) in [6, 6.07) is 11.0. The molecule has 0 bridgehead atoms. The Morgan fingerprint density at radius 3 is 2.18 bits per heavy atom. The van der Waals surface area contributed by atoms with Crippen LogP contribution in [0.5, 0.6) is 0 Å². The molecule has 5 heteroatoms. The van der Waals surface area contributed by atoms with Gasteiger partial charge in [-0.25, -0.2) is 0 Å². The predicted molar refractivity (Wildman–Crippen MR) is 74.4 cm³/mol. The average molecular weight is 307 g/mol. The van der Waals surface area contributed by atoms with Crippen LogP contribution in [0.2, 0.25) is 0 Å². The van der Waals surface area contributed by atoms with Crippen LogP contribution in [0.3, 0.4) is 0 Å². The maximum atomic E-state index is 13.2. The van der Waals surface area contributed by atoms with E-state index >= 15 is 0 Å². The standard InChI is InChI=1S/C17H15F3O2/c1-11-5-2-3-6-12(11)9-10-13-7-4-8-14(16(21)22)15(13)17(18,19)20/h2-8H,9-10H2,1H3,(H,21,22)/p-1. The smallest absolute Gasteiger partial charge is 0.417 e. The molecule has 0 aliphatic carbocycles. The van der Waals surface area contributed by atoms with Gasteiger partial charge in [0.1, 0.15) is 0 Å². The van der Waals surface area contributed by atoms with Gasteiger partial charge in [0.15, 0.2) is 0 Å². The molecule has 0 radical (unpaired) electrons. The second kappa shape index (κ2) is 6.22. The summed E-state index contributed by atoms with van der Waals surface area (Å²) >= 11 is 0. The molecule has 0 aromatic heterocycles. The van der Waals surface area contributed by atoms with E-state index in [1.807, 2.05) is 31.2 Å². The van der Waals surface area contributed by atoms with Gasteiger partial charge in [-0.3, -0.25) is 0 Å². The largest absolute Gasteiger partial charge is 0.545 e. The molecule has 0 aliphatic heterocycles. The second-order valence-electron chi connectivity index (χ2n) is 5.05. The van der Waals surface area contributed by atoms with Gasteiger partial charge in [0.2, 0.25) is 0 Å². The topological polar surface area (TPSA) is 40.1 Å². The van der Waals surface area contributed by atoms with Crippen LogP contribution in [0.25, 0.3) is 0 Å². The number of carbonyl (C=O) groups excluding carboxylic acids is 1. The van der Waals surface area contributed by atoms with Gasteiger partial charge >= 0.3 is 6.18 Å². The molecule has 0 spiro atoms. The minimum Gasteiger partial charge on any atom is -0.545 e. The van der Waals surface area contributed by atoms with Crippen LogP contribution in [-0.4, -0.2) is 5.97 Å². The van der Waals surface area contributed by atoms with E-state index in [9.17, 15) is 23.1 Å².